The molecule has 2 heterocycles. The zero-order valence-electron chi connectivity index (χ0n) is 10.9. The van der Waals surface area contributed by atoms with Gasteiger partial charge >= 0.3 is 0 Å². The van der Waals surface area contributed by atoms with Crippen LogP contribution in [0, 0.1) is 6.92 Å². The summed E-state index contributed by atoms with van der Waals surface area (Å²) in [7, 11) is 0. The number of anilines is 1. The Morgan fingerprint density at radius 2 is 2.00 bits per heavy atom. The fraction of sp³-hybridized carbons (Fsp3) is 0.200. The second-order valence-corrected chi connectivity index (χ2v) is 4.75. The molecule has 3 rings (SSSR count). The number of pyridine rings is 1. The molecular formula is C15H16N4. The van der Waals surface area contributed by atoms with Crippen LogP contribution in [0.1, 0.15) is 17.0 Å². The Labute approximate surface area is 111 Å². The van der Waals surface area contributed by atoms with Gasteiger partial charge in [-0.3, -0.25) is 4.40 Å². The van der Waals surface area contributed by atoms with Gasteiger partial charge in [0.25, 0.3) is 0 Å². The van der Waals surface area contributed by atoms with Crippen LogP contribution in [0.15, 0.2) is 42.6 Å². The highest BCUT2D eigenvalue weighted by Crippen LogP contribution is 2.12. The van der Waals surface area contributed by atoms with E-state index in [9.17, 15) is 0 Å². The van der Waals surface area contributed by atoms with E-state index in [1.54, 1.807) is 0 Å². The van der Waals surface area contributed by atoms with E-state index < -0.39 is 0 Å². The second-order valence-electron chi connectivity index (χ2n) is 4.75. The van der Waals surface area contributed by atoms with Crippen molar-refractivity contribution in [3.63, 3.8) is 0 Å². The summed E-state index contributed by atoms with van der Waals surface area (Å²) in [6.45, 7) is 2.05. The van der Waals surface area contributed by atoms with Crippen LogP contribution >= 0.6 is 0 Å². The normalized spacial score (nSPS) is 11.0. The van der Waals surface area contributed by atoms with Crippen molar-refractivity contribution in [1.29, 1.82) is 0 Å². The lowest BCUT2D eigenvalue weighted by molar-refractivity contribution is 0.839. The van der Waals surface area contributed by atoms with E-state index in [0.29, 0.717) is 0 Å². The summed E-state index contributed by atoms with van der Waals surface area (Å²) in [6.07, 6.45) is 3.78. The Kier molecular flexibility index (Phi) is 2.91. The predicted molar refractivity (Wildman–Crippen MR) is 76.0 cm³/mol. The molecule has 2 N–H and O–H groups in total. The number of aromatic nitrogens is 3. The Morgan fingerprint density at radius 1 is 1.11 bits per heavy atom. The molecule has 0 aliphatic carbocycles. The lowest BCUT2D eigenvalue weighted by Crippen LogP contribution is -1.99. The number of benzene rings is 1. The molecule has 0 saturated heterocycles. The lowest BCUT2D eigenvalue weighted by Gasteiger charge is -2.02. The van der Waals surface area contributed by atoms with E-state index in [2.05, 4.69) is 20.7 Å². The molecule has 0 unspecified atom stereocenters. The first-order valence-corrected chi connectivity index (χ1v) is 6.38. The average molecular weight is 252 g/mol. The first kappa shape index (κ1) is 11.7. The van der Waals surface area contributed by atoms with Crippen molar-refractivity contribution in [3.8, 4) is 0 Å². The van der Waals surface area contributed by atoms with E-state index in [-0.39, 0.29) is 0 Å². The lowest BCUT2D eigenvalue weighted by atomic mass is 10.1. The molecule has 96 valence electrons. The quantitative estimate of drug-likeness (QED) is 0.728. The van der Waals surface area contributed by atoms with Gasteiger partial charge in [-0.15, -0.1) is 10.2 Å². The molecule has 1 aromatic carbocycles. The van der Waals surface area contributed by atoms with E-state index in [1.807, 2.05) is 43.5 Å². The van der Waals surface area contributed by atoms with Gasteiger partial charge in [-0.25, -0.2) is 0 Å². The molecule has 0 bridgehead atoms. The fourth-order valence-electron chi connectivity index (χ4n) is 2.27. The molecule has 0 radical (unpaired) electrons. The molecule has 0 fully saturated rings. The molecule has 3 aromatic rings. The van der Waals surface area contributed by atoms with Crippen molar-refractivity contribution >= 4 is 11.3 Å². The first-order valence-electron chi connectivity index (χ1n) is 6.38. The highest BCUT2D eigenvalue weighted by atomic mass is 15.2. The Hall–Kier alpha value is -2.36. The topological polar surface area (TPSA) is 56.2 Å². The maximum absolute atomic E-state index is 5.78. The smallest absolute Gasteiger partial charge is 0.163 e. The third-order valence-corrected chi connectivity index (χ3v) is 3.29. The summed E-state index contributed by atoms with van der Waals surface area (Å²) in [4.78, 5) is 0. The van der Waals surface area contributed by atoms with E-state index >= 15 is 0 Å². The number of nitrogens with two attached hydrogens (primary N) is 1. The minimum Gasteiger partial charge on any atom is -0.399 e. The molecule has 2 aromatic heterocycles. The van der Waals surface area contributed by atoms with Crippen LogP contribution in [-0.4, -0.2) is 14.6 Å². The Morgan fingerprint density at radius 3 is 2.84 bits per heavy atom. The summed E-state index contributed by atoms with van der Waals surface area (Å²) < 4.78 is 2.06. The van der Waals surface area contributed by atoms with Crippen molar-refractivity contribution in [2.24, 2.45) is 0 Å². The number of fused-ring (bicyclic) bond motifs is 1. The third-order valence-electron chi connectivity index (χ3n) is 3.29. The van der Waals surface area contributed by atoms with Crippen molar-refractivity contribution in [3.05, 3.63) is 59.5 Å². The Balaban J connectivity index is 1.84. The fourth-order valence-corrected chi connectivity index (χ4v) is 2.27. The molecule has 0 aliphatic heterocycles. The zero-order valence-corrected chi connectivity index (χ0v) is 10.9. The van der Waals surface area contributed by atoms with Crippen molar-refractivity contribution in [2.75, 3.05) is 5.73 Å². The van der Waals surface area contributed by atoms with Crippen LogP contribution in [0.4, 0.5) is 5.69 Å². The van der Waals surface area contributed by atoms with Crippen molar-refractivity contribution in [2.45, 2.75) is 19.8 Å². The second kappa shape index (κ2) is 4.72. The third kappa shape index (κ3) is 2.29. The molecule has 0 saturated carbocycles. The summed E-state index contributed by atoms with van der Waals surface area (Å²) in [5.74, 6) is 0.987. The minimum atomic E-state index is 0.805. The number of nitrogen functional groups attached to an aromatic ring is 1. The molecule has 19 heavy (non-hydrogen) atoms. The van der Waals surface area contributed by atoms with E-state index in [0.717, 1.165) is 35.6 Å². The molecule has 0 amide bonds. The van der Waals surface area contributed by atoms with Gasteiger partial charge in [-0.05, 0) is 42.7 Å². The van der Waals surface area contributed by atoms with Gasteiger partial charge in [0.15, 0.2) is 5.65 Å². The molecule has 0 spiro atoms. The molecule has 0 aliphatic rings. The Bertz CT molecular complexity index is 715. The average Bonchev–Trinajstić information content (AvgIpc) is 2.81. The van der Waals surface area contributed by atoms with Crippen LogP contribution < -0.4 is 5.73 Å². The highest BCUT2D eigenvalue weighted by molar-refractivity contribution is 5.46. The number of rotatable bonds is 3. The molecular weight excluding hydrogens is 236 g/mol. The van der Waals surface area contributed by atoms with Gasteiger partial charge in [0.05, 0.1) is 0 Å². The standard InChI is InChI=1S/C15H16N4/c1-11-4-3-9-19-14(17-18-15(11)19)8-7-12-5-2-6-13(16)10-12/h2-6,9-10H,7-8,16H2,1H3. The van der Waals surface area contributed by atoms with Gasteiger partial charge in [-0.2, -0.15) is 0 Å². The summed E-state index contributed by atoms with van der Waals surface area (Å²) >= 11 is 0. The number of aryl methyl sites for hydroxylation is 3. The summed E-state index contributed by atoms with van der Waals surface area (Å²) in [6, 6.07) is 12.1. The SMILES string of the molecule is Cc1cccn2c(CCc3cccc(N)c3)nnc12. The van der Waals surface area contributed by atoms with E-state index in [4.69, 9.17) is 5.73 Å². The maximum atomic E-state index is 5.78. The van der Waals surface area contributed by atoms with Gasteiger partial charge < -0.3 is 5.73 Å². The minimum absolute atomic E-state index is 0.805. The molecule has 0 atom stereocenters. The predicted octanol–water partition coefficient (Wildman–Crippen LogP) is 2.41. The number of nitrogens with zero attached hydrogens (tertiary/aromatic N) is 3. The maximum Gasteiger partial charge on any atom is 0.163 e. The van der Waals surface area contributed by atoms with Crippen LogP contribution in [0.25, 0.3) is 5.65 Å². The van der Waals surface area contributed by atoms with Crippen LogP contribution in [0.5, 0.6) is 0 Å². The monoisotopic (exact) mass is 252 g/mol. The van der Waals surface area contributed by atoms with Crippen LogP contribution in [0.3, 0.4) is 0 Å². The van der Waals surface area contributed by atoms with E-state index in [1.165, 1.54) is 5.56 Å². The van der Waals surface area contributed by atoms with Crippen molar-refractivity contribution in [1.82, 2.24) is 14.6 Å². The van der Waals surface area contributed by atoms with Gasteiger partial charge in [0, 0.05) is 18.3 Å². The largest absolute Gasteiger partial charge is 0.399 e. The number of hydrogen-bond acceptors (Lipinski definition) is 3. The van der Waals surface area contributed by atoms with Crippen LogP contribution in [0.2, 0.25) is 0 Å². The highest BCUT2D eigenvalue weighted by Gasteiger charge is 2.06. The number of hydrogen-bond donors (Lipinski definition) is 1. The summed E-state index contributed by atoms with van der Waals surface area (Å²) in [5.41, 5.74) is 9.90. The van der Waals surface area contributed by atoms with Gasteiger partial charge in [0.2, 0.25) is 0 Å². The first-order chi connectivity index (χ1) is 9.24. The molecule has 4 heteroatoms. The van der Waals surface area contributed by atoms with Gasteiger partial charge in [-0.1, -0.05) is 18.2 Å². The van der Waals surface area contributed by atoms with Gasteiger partial charge in [0.1, 0.15) is 5.82 Å². The zero-order chi connectivity index (χ0) is 13.2. The summed E-state index contributed by atoms with van der Waals surface area (Å²) in [5, 5.41) is 8.51. The molecule has 4 nitrogen and oxygen atoms in total. The van der Waals surface area contributed by atoms with Crippen LogP contribution in [-0.2, 0) is 12.8 Å². The van der Waals surface area contributed by atoms with Crippen molar-refractivity contribution < 1.29 is 0 Å².